The summed E-state index contributed by atoms with van der Waals surface area (Å²) in [6.45, 7) is 2.84. The van der Waals surface area contributed by atoms with Crippen LogP contribution >= 0.6 is 11.6 Å². The van der Waals surface area contributed by atoms with E-state index in [0.717, 1.165) is 34.2 Å². The summed E-state index contributed by atoms with van der Waals surface area (Å²) < 4.78 is 10.8. The standard InChI is InChI=1S/C23H26ClN3O2/c1-16(25-15-18-8-11-20(28-2)14-23(18)29-3)21(22-5-4-12-26-27-22)13-17-6-9-19(24)10-7-17/h4-12,14,16,21,25H,13,15H2,1-3H3. The number of hydrogen-bond acceptors (Lipinski definition) is 5. The topological polar surface area (TPSA) is 56.3 Å². The quantitative estimate of drug-likeness (QED) is 0.555. The molecule has 0 amide bonds. The van der Waals surface area contributed by atoms with Crippen molar-refractivity contribution in [2.45, 2.75) is 31.8 Å². The first-order valence-corrected chi connectivity index (χ1v) is 9.95. The first-order valence-electron chi connectivity index (χ1n) is 9.57. The van der Waals surface area contributed by atoms with E-state index < -0.39 is 0 Å². The lowest BCUT2D eigenvalue weighted by atomic mass is 9.89. The molecular formula is C23H26ClN3O2. The van der Waals surface area contributed by atoms with Gasteiger partial charge >= 0.3 is 0 Å². The third-order valence-corrected chi connectivity index (χ3v) is 5.31. The summed E-state index contributed by atoms with van der Waals surface area (Å²) in [5.41, 5.74) is 3.24. The maximum Gasteiger partial charge on any atom is 0.127 e. The first-order chi connectivity index (χ1) is 14.1. The fourth-order valence-corrected chi connectivity index (χ4v) is 3.46. The number of halogens is 1. The van der Waals surface area contributed by atoms with Gasteiger partial charge in [0.15, 0.2) is 0 Å². The molecule has 0 spiro atoms. The predicted octanol–water partition coefficient (Wildman–Crippen LogP) is 4.65. The zero-order valence-corrected chi connectivity index (χ0v) is 17.7. The first kappa shape index (κ1) is 21.1. The van der Waals surface area contributed by atoms with Gasteiger partial charge < -0.3 is 14.8 Å². The predicted molar refractivity (Wildman–Crippen MR) is 116 cm³/mol. The van der Waals surface area contributed by atoms with Gasteiger partial charge in [0.25, 0.3) is 0 Å². The summed E-state index contributed by atoms with van der Waals surface area (Å²) in [7, 11) is 3.32. The van der Waals surface area contributed by atoms with Crippen molar-refractivity contribution in [3.63, 3.8) is 0 Å². The average Bonchev–Trinajstić information content (AvgIpc) is 2.77. The molecule has 152 valence electrons. The van der Waals surface area contributed by atoms with Crippen LogP contribution in [0.25, 0.3) is 0 Å². The third-order valence-electron chi connectivity index (χ3n) is 5.05. The molecular weight excluding hydrogens is 386 g/mol. The SMILES string of the molecule is COc1ccc(CNC(C)C(Cc2ccc(Cl)cc2)c2cccnn2)c(OC)c1. The second-order valence-electron chi connectivity index (χ2n) is 6.93. The van der Waals surface area contributed by atoms with Crippen LogP contribution in [0.1, 0.15) is 29.7 Å². The zero-order valence-electron chi connectivity index (χ0n) is 16.9. The van der Waals surface area contributed by atoms with Gasteiger partial charge in [-0.2, -0.15) is 10.2 Å². The monoisotopic (exact) mass is 411 g/mol. The van der Waals surface area contributed by atoms with Gasteiger partial charge in [-0.1, -0.05) is 29.8 Å². The van der Waals surface area contributed by atoms with Crippen molar-refractivity contribution >= 4 is 11.6 Å². The van der Waals surface area contributed by atoms with Gasteiger partial charge in [-0.3, -0.25) is 0 Å². The molecule has 0 aliphatic carbocycles. The highest BCUT2D eigenvalue weighted by molar-refractivity contribution is 6.30. The van der Waals surface area contributed by atoms with E-state index >= 15 is 0 Å². The highest BCUT2D eigenvalue weighted by atomic mass is 35.5. The number of hydrogen-bond donors (Lipinski definition) is 1. The molecule has 0 saturated heterocycles. The molecule has 2 atom stereocenters. The van der Waals surface area contributed by atoms with Crippen molar-refractivity contribution in [2.75, 3.05) is 14.2 Å². The Morgan fingerprint density at radius 1 is 1.03 bits per heavy atom. The number of ether oxygens (including phenoxy) is 2. The molecule has 2 unspecified atom stereocenters. The Morgan fingerprint density at radius 3 is 2.48 bits per heavy atom. The minimum atomic E-state index is 0.161. The van der Waals surface area contributed by atoms with Gasteiger partial charge in [-0.25, -0.2) is 0 Å². The number of methoxy groups -OCH3 is 2. The third kappa shape index (κ3) is 5.68. The lowest BCUT2D eigenvalue weighted by Gasteiger charge is -2.25. The second kappa shape index (κ2) is 10.2. The Hall–Kier alpha value is -2.63. The van der Waals surface area contributed by atoms with Crippen molar-refractivity contribution < 1.29 is 9.47 Å². The molecule has 0 saturated carbocycles. The second-order valence-corrected chi connectivity index (χ2v) is 7.37. The molecule has 3 aromatic rings. The highest BCUT2D eigenvalue weighted by Gasteiger charge is 2.22. The van der Waals surface area contributed by atoms with Crippen LogP contribution in [0.2, 0.25) is 5.02 Å². The number of nitrogens with zero attached hydrogens (tertiary/aromatic N) is 2. The Morgan fingerprint density at radius 2 is 1.83 bits per heavy atom. The molecule has 0 aliphatic rings. The molecule has 1 N–H and O–H groups in total. The van der Waals surface area contributed by atoms with Crippen molar-refractivity contribution in [1.82, 2.24) is 15.5 Å². The maximum atomic E-state index is 6.04. The number of benzene rings is 2. The minimum Gasteiger partial charge on any atom is -0.497 e. The number of rotatable bonds is 9. The molecule has 5 nitrogen and oxygen atoms in total. The molecule has 0 radical (unpaired) electrons. The van der Waals surface area contributed by atoms with Crippen LogP contribution in [0.15, 0.2) is 60.8 Å². The smallest absolute Gasteiger partial charge is 0.127 e. The Labute approximate surface area is 177 Å². The summed E-state index contributed by atoms with van der Waals surface area (Å²) in [5.74, 6) is 1.74. The summed E-state index contributed by atoms with van der Waals surface area (Å²) in [6, 6.07) is 17.9. The summed E-state index contributed by atoms with van der Waals surface area (Å²) in [5, 5.41) is 12.8. The van der Waals surface area contributed by atoms with Gasteiger partial charge in [0, 0.05) is 41.4 Å². The molecule has 0 fully saturated rings. The van der Waals surface area contributed by atoms with Crippen LogP contribution < -0.4 is 14.8 Å². The largest absolute Gasteiger partial charge is 0.497 e. The van der Waals surface area contributed by atoms with Crippen molar-refractivity contribution in [3.05, 3.63) is 82.6 Å². The summed E-state index contributed by atoms with van der Waals surface area (Å²) >= 11 is 6.04. The van der Waals surface area contributed by atoms with Crippen LogP contribution in [-0.4, -0.2) is 30.5 Å². The van der Waals surface area contributed by atoms with Gasteiger partial charge in [-0.05, 0) is 49.2 Å². The highest BCUT2D eigenvalue weighted by Crippen LogP contribution is 2.27. The normalized spacial score (nSPS) is 13.0. The summed E-state index contributed by atoms with van der Waals surface area (Å²) in [6.07, 6.45) is 2.53. The number of nitrogens with one attached hydrogen (secondary N) is 1. The van der Waals surface area contributed by atoms with E-state index in [2.05, 4.69) is 34.6 Å². The van der Waals surface area contributed by atoms with E-state index in [4.69, 9.17) is 21.1 Å². The molecule has 6 heteroatoms. The van der Waals surface area contributed by atoms with Crippen molar-refractivity contribution in [3.8, 4) is 11.5 Å². The lowest BCUT2D eigenvalue weighted by molar-refractivity contribution is 0.385. The zero-order chi connectivity index (χ0) is 20.6. The average molecular weight is 412 g/mol. The molecule has 3 rings (SSSR count). The Kier molecular flexibility index (Phi) is 7.44. The van der Waals surface area contributed by atoms with E-state index in [0.29, 0.717) is 6.54 Å². The van der Waals surface area contributed by atoms with Crippen LogP contribution in [0.4, 0.5) is 0 Å². The maximum absolute atomic E-state index is 6.04. The fraction of sp³-hybridized carbons (Fsp3) is 0.304. The van der Waals surface area contributed by atoms with E-state index in [9.17, 15) is 0 Å². The molecule has 1 aromatic heterocycles. The van der Waals surface area contributed by atoms with Crippen LogP contribution in [0, 0.1) is 0 Å². The molecule has 29 heavy (non-hydrogen) atoms. The minimum absolute atomic E-state index is 0.161. The van der Waals surface area contributed by atoms with Crippen molar-refractivity contribution in [2.24, 2.45) is 0 Å². The van der Waals surface area contributed by atoms with Gasteiger partial charge in [-0.15, -0.1) is 0 Å². The van der Waals surface area contributed by atoms with E-state index in [1.54, 1.807) is 20.4 Å². The van der Waals surface area contributed by atoms with Gasteiger partial charge in [0.2, 0.25) is 0 Å². The van der Waals surface area contributed by atoms with E-state index in [-0.39, 0.29) is 12.0 Å². The number of aromatic nitrogens is 2. The van der Waals surface area contributed by atoms with Gasteiger partial charge in [0.05, 0.1) is 19.9 Å². The molecule has 0 aliphatic heterocycles. The molecule has 1 heterocycles. The molecule has 2 aromatic carbocycles. The van der Waals surface area contributed by atoms with E-state index in [1.807, 2.05) is 42.5 Å². The fourth-order valence-electron chi connectivity index (χ4n) is 3.33. The summed E-state index contributed by atoms with van der Waals surface area (Å²) in [4.78, 5) is 0. The lowest BCUT2D eigenvalue weighted by Crippen LogP contribution is -2.33. The van der Waals surface area contributed by atoms with E-state index in [1.165, 1.54) is 5.56 Å². The Bertz CT molecular complexity index is 904. The van der Waals surface area contributed by atoms with Crippen LogP contribution in [-0.2, 0) is 13.0 Å². The van der Waals surface area contributed by atoms with Crippen LogP contribution in [0.3, 0.4) is 0 Å². The molecule has 0 bridgehead atoms. The van der Waals surface area contributed by atoms with Crippen LogP contribution in [0.5, 0.6) is 11.5 Å². The van der Waals surface area contributed by atoms with Gasteiger partial charge in [0.1, 0.15) is 11.5 Å². The Balaban J connectivity index is 1.76. The van der Waals surface area contributed by atoms with Crippen molar-refractivity contribution in [1.29, 1.82) is 0 Å².